The van der Waals surface area contributed by atoms with E-state index < -0.39 is 24.3 Å². The molecule has 0 saturated heterocycles. The van der Waals surface area contributed by atoms with Gasteiger partial charge in [0.1, 0.15) is 19.3 Å². The fourth-order valence-electron chi connectivity index (χ4n) is 3.90. The summed E-state index contributed by atoms with van der Waals surface area (Å²) in [7, 11) is 0. The van der Waals surface area contributed by atoms with Gasteiger partial charge in [-0.25, -0.2) is 20.0 Å². The van der Waals surface area contributed by atoms with Crippen molar-refractivity contribution in [3.05, 3.63) is 107 Å². The van der Waals surface area contributed by atoms with Gasteiger partial charge in [-0.15, -0.1) is 0 Å². The van der Waals surface area contributed by atoms with Crippen molar-refractivity contribution in [1.82, 2.24) is 10.4 Å². The van der Waals surface area contributed by atoms with Crippen LogP contribution in [-0.2, 0) is 29.1 Å². The molecule has 0 heterocycles. The number of aryl methyl sites for hydroxylation is 1. The summed E-state index contributed by atoms with van der Waals surface area (Å²) in [5.74, 6) is 0. The molecule has 3 aromatic rings. The number of nitrogens with zero attached hydrogens (tertiary/aromatic N) is 1. The van der Waals surface area contributed by atoms with Gasteiger partial charge in [-0.2, -0.15) is 0 Å². The number of fused-ring (bicyclic) bond motifs is 1. The van der Waals surface area contributed by atoms with E-state index in [2.05, 4.69) is 5.43 Å². The summed E-state index contributed by atoms with van der Waals surface area (Å²) in [6.45, 7) is 0.0892. The summed E-state index contributed by atoms with van der Waals surface area (Å²) in [4.78, 5) is 25.5. The zero-order valence-electron chi connectivity index (χ0n) is 18.1. The van der Waals surface area contributed by atoms with E-state index in [1.165, 1.54) is 0 Å². The second-order valence-corrected chi connectivity index (χ2v) is 7.83. The normalized spacial score (nSPS) is 16.9. The SMILES string of the molecule is O=C(NN(C(=O)OCc1ccccc1)[C@H]1CCc2ccccc2[C@@H]1O)OCc1ccccc1. The average Bonchev–Trinajstić information content (AvgIpc) is 2.86. The van der Waals surface area contributed by atoms with Crippen LogP contribution in [0.3, 0.4) is 0 Å². The number of hydrazine groups is 1. The van der Waals surface area contributed by atoms with E-state index in [0.717, 1.165) is 27.3 Å². The summed E-state index contributed by atoms with van der Waals surface area (Å²) in [5.41, 5.74) is 5.87. The van der Waals surface area contributed by atoms with Crippen molar-refractivity contribution in [2.75, 3.05) is 0 Å². The molecule has 1 aliphatic carbocycles. The van der Waals surface area contributed by atoms with Crippen molar-refractivity contribution in [2.45, 2.75) is 38.2 Å². The van der Waals surface area contributed by atoms with E-state index >= 15 is 0 Å². The Labute approximate surface area is 192 Å². The molecule has 0 aliphatic heterocycles. The third-order valence-corrected chi connectivity index (χ3v) is 5.61. The molecule has 33 heavy (non-hydrogen) atoms. The van der Waals surface area contributed by atoms with E-state index in [9.17, 15) is 14.7 Å². The molecule has 0 radical (unpaired) electrons. The number of amides is 2. The lowest BCUT2D eigenvalue weighted by atomic mass is 9.85. The van der Waals surface area contributed by atoms with Gasteiger partial charge < -0.3 is 14.6 Å². The molecule has 1 aliphatic rings. The first kappa shape index (κ1) is 22.4. The highest BCUT2D eigenvalue weighted by atomic mass is 16.6. The number of nitrogens with one attached hydrogen (secondary N) is 1. The van der Waals surface area contributed by atoms with Crippen LogP contribution in [0, 0.1) is 0 Å². The van der Waals surface area contributed by atoms with Gasteiger partial charge in [0.05, 0.1) is 6.04 Å². The predicted octanol–water partition coefficient (Wildman–Crippen LogP) is 4.52. The fraction of sp³-hybridized carbons (Fsp3) is 0.231. The first-order valence-corrected chi connectivity index (χ1v) is 10.8. The van der Waals surface area contributed by atoms with Gasteiger partial charge in [0.25, 0.3) is 0 Å². The highest BCUT2D eigenvalue weighted by Gasteiger charge is 2.37. The number of aliphatic hydroxyl groups excluding tert-OH is 1. The lowest BCUT2D eigenvalue weighted by molar-refractivity contribution is -0.00330. The molecule has 0 spiro atoms. The van der Waals surface area contributed by atoms with Crippen LogP contribution in [0.5, 0.6) is 0 Å². The standard InChI is InChI=1S/C26H26N2O5/c29-24-22-14-8-7-13-21(22)15-16-23(24)28(26(31)33-18-20-11-5-2-6-12-20)27-25(30)32-17-19-9-3-1-4-10-19/h1-14,23-24,29H,15-18H2,(H,27,30)/t23-,24-/m0/s1. The minimum atomic E-state index is -0.978. The van der Waals surface area contributed by atoms with E-state index in [1.54, 1.807) is 0 Å². The molecule has 0 fully saturated rings. The maximum atomic E-state index is 13.0. The fourth-order valence-corrected chi connectivity index (χ4v) is 3.90. The van der Waals surface area contributed by atoms with Gasteiger partial charge in [0.2, 0.25) is 0 Å². The smallest absolute Gasteiger partial charge is 0.429 e. The minimum absolute atomic E-state index is 0.0380. The maximum absolute atomic E-state index is 13.0. The summed E-state index contributed by atoms with van der Waals surface area (Å²) in [6, 6.07) is 25.3. The van der Waals surface area contributed by atoms with Gasteiger partial charge in [0, 0.05) is 0 Å². The molecule has 0 bridgehead atoms. The molecule has 170 valence electrons. The second kappa shape index (κ2) is 10.7. The number of benzene rings is 3. The molecule has 3 aromatic carbocycles. The molecular weight excluding hydrogens is 420 g/mol. The van der Waals surface area contributed by atoms with Crippen molar-refractivity contribution in [1.29, 1.82) is 0 Å². The Balaban J connectivity index is 1.47. The first-order valence-electron chi connectivity index (χ1n) is 10.8. The van der Waals surface area contributed by atoms with Crippen molar-refractivity contribution in [3.8, 4) is 0 Å². The largest absolute Gasteiger partial charge is 0.443 e. The van der Waals surface area contributed by atoms with Crippen LogP contribution in [0.4, 0.5) is 9.59 Å². The Morgan fingerprint density at radius 1 is 0.848 bits per heavy atom. The van der Waals surface area contributed by atoms with Crippen molar-refractivity contribution in [3.63, 3.8) is 0 Å². The molecular formula is C26H26N2O5. The Kier molecular flexibility index (Phi) is 7.22. The number of ether oxygens (including phenoxy) is 2. The maximum Gasteiger partial charge on any atom is 0.429 e. The average molecular weight is 447 g/mol. The van der Waals surface area contributed by atoms with Crippen LogP contribution >= 0.6 is 0 Å². The van der Waals surface area contributed by atoms with Gasteiger partial charge in [-0.1, -0.05) is 84.9 Å². The quantitative estimate of drug-likeness (QED) is 0.563. The number of carbonyl (C=O) groups excluding carboxylic acids is 2. The Bertz CT molecular complexity index is 1070. The number of carbonyl (C=O) groups is 2. The van der Waals surface area contributed by atoms with Crippen molar-refractivity contribution >= 4 is 12.2 Å². The van der Waals surface area contributed by atoms with Crippen molar-refractivity contribution < 1.29 is 24.2 Å². The molecule has 2 N–H and O–H groups in total. The summed E-state index contributed by atoms with van der Waals surface area (Å²) in [6.07, 6.45) is -1.44. The zero-order valence-corrected chi connectivity index (χ0v) is 18.1. The second-order valence-electron chi connectivity index (χ2n) is 7.83. The predicted molar refractivity (Wildman–Crippen MR) is 122 cm³/mol. The number of hydrogen-bond acceptors (Lipinski definition) is 5. The minimum Gasteiger partial charge on any atom is -0.443 e. The van der Waals surface area contributed by atoms with Gasteiger partial charge in [-0.05, 0) is 35.1 Å². The topological polar surface area (TPSA) is 88.1 Å². The molecule has 2 atom stereocenters. The number of hydrogen-bond donors (Lipinski definition) is 2. The van der Waals surface area contributed by atoms with E-state index in [-0.39, 0.29) is 13.2 Å². The highest BCUT2D eigenvalue weighted by Crippen LogP contribution is 2.32. The molecule has 7 nitrogen and oxygen atoms in total. The third-order valence-electron chi connectivity index (χ3n) is 5.61. The highest BCUT2D eigenvalue weighted by molar-refractivity contribution is 5.74. The van der Waals surface area contributed by atoms with Gasteiger partial charge in [-0.3, -0.25) is 0 Å². The lowest BCUT2D eigenvalue weighted by Gasteiger charge is -2.37. The monoisotopic (exact) mass is 446 g/mol. The van der Waals surface area contributed by atoms with Crippen LogP contribution in [-0.4, -0.2) is 28.3 Å². The number of rotatable bonds is 5. The van der Waals surface area contributed by atoms with Gasteiger partial charge >= 0.3 is 12.2 Å². The molecule has 0 aromatic heterocycles. The Morgan fingerprint density at radius 3 is 2.09 bits per heavy atom. The lowest BCUT2D eigenvalue weighted by Crippen LogP contribution is -2.55. The molecule has 0 unspecified atom stereocenters. The van der Waals surface area contributed by atoms with Crippen LogP contribution in [0.15, 0.2) is 84.9 Å². The van der Waals surface area contributed by atoms with Crippen molar-refractivity contribution in [2.24, 2.45) is 0 Å². The Hall–Kier alpha value is -3.84. The molecule has 0 saturated carbocycles. The van der Waals surface area contributed by atoms with Crippen LogP contribution in [0.1, 0.15) is 34.8 Å². The van der Waals surface area contributed by atoms with E-state index in [4.69, 9.17) is 9.47 Å². The van der Waals surface area contributed by atoms with Crippen LogP contribution < -0.4 is 5.43 Å². The summed E-state index contributed by atoms with van der Waals surface area (Å²) in [5, 5.41) is 12.1. The van der Waals surface area contributed by atoms with Gasteiger partial charge in [0.15, 0.2) is 0 Å². The van der Waals surface area contributed by atoms with Crippen LogP contribution in [0.25, 0.3) is 0 Å². The van der Waals surface area contributed by atoms with E-state index in [1.807, 2.05) is 84.9 Å². The summed E-state index contributed by atoms with van der Waals surface area (Å²) >= 11 is 0. The number of aliphatic hydroxyl groups is 1. The third kappa shape index (κ3) is 5.70. The zero-order chi connectivity index (χ0) is 23.0. The Morgan fingerprint density at radius 2 is 1.42 bits per heavy atom. The summed E-state index contributed by atoms with van der Waals surface area (Å²) < 4.78 is 10.7. The van der Waals surface area contributed by atoms with E-state index in [0.29, 0.717) is 12.8 Å². The first-order chi connectivity index (χ1) is 16.1. The molecule has 7 heteroatoms. The van der Waals surface area contributed by atoms with Crippen LogP contribution in [0.2, 0.25) is 0 Å². The molecule has 2 amide bonds. The molecule has 4 rings (SSSR count).